The molecule has 1 aromatic carbocycles. The highest BCUT2D eigenvalue weighted by Crippen LogP contribution is 2.20. The van der Waals surface area contributed by atoms with Gasteiger partial charge in [0.1, 0.15) is 12.2 Å². The normalized spacial score (nSPS) is 11.8. The standard InChI is InChI=1S/C15H18O5/c1-10(2)19-15(18)14(12-7-5-4-6-8-12)20-13(17)9-11(3)16/h4-8,10,14H,9H2,1-3H3. The van der Waals surface area contributed by atoms with Gasteiger partial charge in [0.25, 0.3) is 0 Å². The number of hydrogen-bond donors (Lipinski definition) is 0. The van der Waals surface area contributed by atoms with Crippen LogP contribution in [0.25, 0.3) is 0 Å². The van der Waals surface area contributed by atoms with Crippen molar-refractivity contribution in [3.05, 3.63) is 35.9 Å². The van der Waals surface area contributed by atoms with Crippen molar-refractivity contribution in [1.82, 2.24) is 0 Å². The van der Waals surface area contributed by atoms with Crippen molar-refractivity contribution in [2.45, 2.75) is 39.4 Å². The molecule has 108 valence electrons. The molecule has 0 fully saturated rings. The summed E-state index contributed by atoms with van der Waals surface area (Å²) in [7, 11) is 0. The Bertz CT molecular complexity index is 478. The van der Waals surface area contributed by atoms with Crippen LogP contribution in [0.2, 0.25) is 0 Å². The Morgan fingerprint density at radius 2 is 1.65 bits per heavy atom. The number of hydrogen-bond acceptors (Lipinski definition) is 5. The molecule has 5 nitrogen and oxygen atoms in total. The molecule has 0 aliphatic rings. The first-order valence-corrected chi connectivity index (χ1v) is 6.34. The van der Waals surface area contributed by atoms with Gasteiger partial charge in [0.2, 0.25) is 6.10 Å². The van der Waals surface area contributed by atoms with Crippen LogP contribution in [0.1, 0.15) is 38.9 Å². The summed E-state index contributed by atoms with van der Waals surface area (Å²) in [5.41, 5.74) is 0.509. The molecule has 1 rings (SSSR count). The highest BCUT2D eigenvalue weighted by Gasteiger charge is 2.27. The van der Waals surface area contributed by atoms with Crippen LogP contribution < -0.4 is 0 Å². The predicted octanol–water partition coefficient (Wildman–Crippen LogP) is 2.20. The Morgan fingerprint density at radius 3 is 2.15 bits per heavy atom. The summed E-state index contributed by atoms with van der Waals surface area (Å²) in [5.74, 6) is -1.71. The Labute approximate surface area is 117 Å². The van der Waals surface area contributed by atoms with Gasteiger partial charge in [-0.3, -0.25) is 9.59 Å². The zero-order valence-electron chi connectivity index (χ0n) is 11.8. The first kappa shape index (κ1) is 15.9. The van der Waals surface area contributed by atoms with Gasteiger partial charge in [-0.2, -0.15) is 0 Å². The molecule has 0 heterocycles. The molecule has 5 heteroatoms. The lowest BCUT2D eigenvalue weighted by atomic mass is 10.1. The lowest BCUT2D eigenvalue weighted by molar-refractivity contribution is -0.171. The average molecular weight is 278 g/mol. The molecule has 20 heavy (non-hydrogen) atoms. The van der Waals surface area contributed by atoms with E-state index in [0.29, 0.717) is 5.56 Å². The van der Waals surface area contributed by atoms with Crippen LogP contribution in [-0.4, -0.2) is 23.8 Å². The first-order valence-electron chi connectivity index (χ1n) is 6.34. The number of carbonyl (C=O) groups excluding carboxylic acids is 3. The van der Waals surface area contributed by atoms with Crippen molar-refractivity contribution in [3.8, 4) is 0 Å². The molecule has 0 saturated heterocycles. The third-order valence-electron chi connectivity index (χ3n) is 2.31. The quantitative estimate of drug-likeness (QED) is 0.589. The van der Waals surface area contributed by atoms with Crippen molar-refractivity contribution in [1.29, 1.82) is 0 Å². The summed E-state index contributed by atoms with van der Waals surface area (Å²) < 4.78 is 10.1. The van der Waals surface area contributed by atoms with Crippen LogP contribution in [0.4, 0.5) is 0 Å². The Kier molecular flexibility index (Phi) is 5.90. The van der Waals surface area contributed by atoms with Gasteiger partial charge in [-0.05, 0) is 20.8 Å². The van der Waals surface area contributed by atoms with Gasteiger partial charge in [0.15, 0.2) is 0 Å². The topological polar surface area (TPSA) is 69.7 Å². The van der Waals surface area contributed by atoms with Crippen LogP contribution >= 0.6 is 0 Å². The lowest BCUT2D eigenvalue weighted by Crippen LogP contribution is -2.25. The molecule has 0 aliphatic heterocycles. The highest BCUT2D eigenvalue weighted by atomic mass is 16.6. The second-order valence-electron chi connectivity index (χ2n) is 4.65. The molecule has 0 aliphatic carbocycles. The predicted molar refractivity (Wildman–Crippen MR) is 71.8 cm³/mol. The Balaban J connectivity index is 2.88. The summed E-state index contributed by atoms with van der Waals surface area (Å²) in [5, 5.41) is 0. The zero-order chi connectivity index (χ0) is 15.1. The monoisotopic (exact) mass is 278 g/mol. The number of carbonyl (C=O) groups is 3. The van der Waals surface area contributed by atoms with Crippen LogP contribution in [0, 0.1) is 0 Å². The van der Waals surface area contributed by atoms with Crippen LogP contribution in [0.5, 0.6) is 0 Å². The van der Waals surface area contributed by atoms with E-state index in [4.69, 9.17) is 9.47 Å². The molecule has 0 spiro atoms. The summed E-state index contributed by atoms with van der Waals surface area (Å²) in [6.07, 6.45) is -1.83. The number of ether oxygens (including phenoxy) is 2. The third kappa shape index (κ3) is 5.22. The molecule has 0 amide bonds. The molecule has 1 aromatic rings. The zero-order valence-corrected chi connectivity index (χ0v) is 11.8. The SMILES string of the molecule is CC(=O)CC(=O)OC(C(=O)OC(C)C)c1ccccc1. The maximum absolute atomic E-state index is 12.0. The fourth-order valence-corrected chi connectivity index (χ4v) is 1.55. The second kappa shape index (κ2) is 7.43. The van der Waals surface area contributed by atoms with E-state index in [1.807, 2.05) is 0 Å². The Morgan fingerprint density at radius 1 is 1.05 bits per heavy atom. The van der Waals surface area contributed by atoms with Crippen molar-refractivity contribution in [3.63, 3.8) is 0 Å². The summed E-state index contributed by atoms with van der Waals surface area (Å²) in [6, 6.07) is 8.56. The number of benzene rings is 1. The molecular weight excluding hydrogens is 260 g/mol. The lowest BCUT2D eigenvalue weighted by Gasteiger charge is -2.18. The molecule has 0 saturated carbocycles. The molecule has 0 aromatic heterocycles. The van der Waals surface area contributed by atoms with Gasteiger partial charge < -0.3 is 9.47 Å². The van der Waals surface area contributed by atoms with Gasteiger partial charge in [-0.1, -0.05) is 30.3 Å². The van der Waals surface area contributed by atoms with Gasteiger partial charge in [-0.15, -0.1) is 0 Å². The van der Waals surface area contributed by atoms with E-state index in [9.17, 15) is 14.4 Å². The van der Waals surface area contributed by atoms with Crippen molar-refractivity contribution in [2.24, 2.45) is 0 Å². The molecule has 1 unspecified atom stereocenters. The van der Waals surface area contributed by atoms with E-state index in [-0.39, 0.29) is 18.3 Å². The van der Waals surface area contributed by atoms with Crippen LogP contribution in [0.15, 0.2) is 30.3 Å². The van der Waals surface area contributed by atoms with Crippen molar-refractivity contribution < 1.29 is 23.9 Å². The molecule has 0 N–H and O–H groups in total. The summed E-state index contributed by atoms with van der Waals surface area (Å²) >= 11 is 0. The molecule has 0 radical (unpaired) electrons. The maximum Gasteiger partial charge on any atom is 0.352 e. The van der Waals surface area contributed by atoms with E-state index in [2.05, 4.69) is 0 Å². The minimum atomic E-state index is -1.15. The first-order chi connectivity index (χ1) is 9.40. The summed E-state index contributed by atoms with van der Waals surface area (Å²) in [6.45, 7) is 4.69. The second-order valence-corrected chi connectivity index (χ2v) is 4.65. The fraction of sp³-hybridized carbons (Fsp3) is 0.400. The Hall–Kier alpha value is -2.17. The minimum absolute atomic E-state index is 0.319. The molecular formula is C15H18O5. The van der Waals surface area contributed by atoms with Crippen molar-refractivity contribution >= 4 is 17.7 Å². The third-order valence-corrected chi connectivity index (χ3v) is 2.31. The number of rotatable bonds is 6. The van der Waals surface area contributed by atoms with E-state index < -0.39 is 18.0 Å². The van der Waals surface area contributed by atoms with Gasteiger partial charge in [0.05, 0.1) is 6.10 Å². The largest absolute Gasteiger partial charge is 0.460 e. The van der Waals surface area contributed by atoms with E-state index in [1.54, 1.807) is 44.2 Å². The highest BCUT2D eigenvalue weighted by molar-refractivity contribution is 5.95. The van der Waals surface area contributed by atoms with E-state index >= 15 is 0 Å². The number of ketones is 1. The number of Topliss-reactive ketones (excluding diaryl/α,β-unsaturated/α-hetero) is 1. The molecule has 0 bridgehead atoms. The van der Waals surface area contributed by atoms with E-state index in [1.165, 1.54) is 6.92 Å². The molecule has 1 atom stereocenters. The fourth-order valence-electron chi connectivity index (χ4n) is 1.55. The van der Waals surface area contributed by atoms with Crippen LogP contribution in [0.3, 0.4) is 0 Å². The van der Waals surface area contributed by atoms with Crippen molar-refractivity contribution in [2.75, 3.05) is 0 Å². The average Bonchev–Trinajstić information content (AvgIpc) is 2.35. The maximum atomic E-state index is 12.0. The number of esters is 2. The smallest absolute Gasteiger partial charge is 0.352 e. The van der Waals surface area contributed by atoms with Gasteiger partial charge >= 0.3 is 11.9 Å². The summed E-state index contributed by atoms with van der Waals surface area (Å²) in [4.78, 5) is 34.5. The van der Waals surface area contributed by atoms with E-state index in [0.717, 1.165) is 0 Å². The van der Waals surface area contributed by atoms with Gasteiger partial charge in [0, 0.05) is 5.56 Å². The van der Waals surface area contributed by atoms with Crippen LogP contribution in [-0.2, 0) is 23.9 Å². The minimum Gasteiger partial charge on any atom is -0.460 e. The van der Waals surface area contributed by atoms with Gasteiger partial charge in [-0.25, -0.2) is 4.79 Å².